The van der Waals surface area contributed by atoms with Crippen LogP contribution in [0.4, 0.5) is 0 Å². The van der Waals surface area contributed by atoms with E-state index in [1.54, 1.807) is 0 Å². The summed E-state index contributed by atoms with van der Waals surface area (Å²) in [4.78, 5) is 2.47. The lowest BCUT2D eigenvalue weighted by Crippen LogP contribution is -2.39. The van der Waals surface area contributed by atoms with Crippen LogP contribution in [-0.2, 0) is 0 Å². The van der Waals surface area contributed by atoms with Gasteiger partial charge in [-0.25, -0.2) is 0 Å². The number of likely N-dealkylation sites (tertiary alicyclic amines) is 1. The van der Waals surface area contributed by atoms with Gasteiger partial charge in [-0.3, -0.25) is 4.90 Å². The summed E-state index contributed by atoms with van der Waals surface area (Å²) in [7, 11) is 0. The Bertz CT molecular complexity index is 180. The van der Waals surface area contributed by atoms with Gasteiger partial charge in [0.1, 0.15) is 0 Å². The zero-order valence-electron chi connectivity index (χ0n) is 9.62. The normalized spacial score (nSPS) is 33.4. The van der Waals surface area contributed by atoms with Crippen LogP contribution in [0, 0.1) is 0 Å². The summed E-state index contributed by atoms with van der Waals surface area (Å²) >= 11 is 0. The van der Waals surface area contributed by atoms with Crippen molar-refractivity contribution in [2.24, 2.45) is 0 Å². The monoisotopic (exact) mass is 212 g/mol. The summed E-state index contributed by atoms with van der Waals surface area (Å²) in [5.74, 6) is 0. The second-order valence-corrected chi connectivity index (χ2v) is 4.95. The molecule has 88 valence electrons. The van der Waals surface area contributed by atoms with Crippen molar-refractivity contribution in [3.8, 4) is 0 Å². The molecule has 0 aliphatic carbocycles. The number of aliphatic hydroxyl groups excluding tert-OH is 1. The summed E-state index contributed by atoms with van der Waals surface area (Å²) in [6.07, 6.45) is 7.80. The molecule has 2 aliphatic rings. The highest BCUT2D eigenvalue weighted by atomic mass is 16.3. The van der Waals surface area contributed by atoms with Crippen LogP contribution in [0.15, 0.2) is 0 Å². The minimum atomic E-state index is 0.345. The number of nitrogens with zero attached hydrogens (tertiary/aromatic N) is 1. The van der Waals surface area contributed by atoms with Gasteiger partial charge in [0.2, 0.25) is 0 Å². The van der Waals surface area contributed by atoms with Crippen molar-refractivity contribution in [2.45, 2.75) is 50.6 Å². The standard InChI is InChI=1S/C12H24N2O/c15-10-12-5-3-8-14(12)9-6-11-4-1-2-7-13-11/h11-13,15H,1-10H2. The highest BCUT2D eigenvalue weighted by Crippen LogP contribution is 2.18. The molecule has 0 aromatic heterocycles. The zero-order valence-corrected chi connectivity index (χ0v) is 9.62. The van der Waals surface area contributed by atoms with Crippen LogP contribution in [0.25, 0.3) is 0 Å². The van der Waals surface area contributed by atoms with Crippen molar-refractivity contribution in [2.75, 3.05) is 26.2 Å². The van der Waals surface area contributed by atoms with Crippen LogP contribution >= 0.6 is 0 Å². The van der Waals surface area contributed by atoms with Crippen molar-refractivity contribution >= 4 is 0 Å². The number of aliphatic hydroxyl groups is 1. The lowest BCUT2D eigenvalue weighted by Gasteiger charge is -2.28. The molecular weight excluding hydrogens is 188 g/mol. The van der Waals surface area contributed by atoms with Gasteiger partial charge in [0.25, 0.3) is 0 Å². The molecule has 2 saturated heterocycles. The fraction of sp³-hybridized carbons (Fsp3) is 1.00. The fourth-order valence-electron chi connectivity index (χ4n) is 2.89. The van der Waals surface area contributed by atoms with Gasteiger partial charge >= 0.3 is 0 Å². The van der Waals surface area contributed by atoms with Gasteiger partial charge in [-0.05, 0) is 45.2 Å². The quantitative estimate of drug-likeness (QED) is 0.729. The van der Waals surface area contributed by atoms with E-state index in [1.807, 2.05) is 0 Å². The Morgan fingerprint density at radius 2 is 2.13 bits per heavy atom. The molecule has 0 bridgehead atoms. The van der Waals surface area contributed by atoms with E-state index in [2.05, 4.69) is 10.2 Å². The molecule has 2 atom stereocenters. The summed E-state index contributed by atoms with van der Waals surface area (Å²) in [5, 5.41) is 12.8. The van der Waals surface area contributed by atoms with Crippen molar-refractivity contribution in [3.63, 3.8) is 0 Å². The number of nitrogens with one attached hydrogen (secondary N) is 1. The van der Waals surface area contributed by atoms with Gasteiger partial charge < -0.3 is 10.4 Å². The molecule has 0 aromatic carbocycles. The van der Waals surface area contributed by atoms with E-state index >= 15 is 0 Å². The molecule has 2 fully saturated rings. The molecule has 0 radical (unpaired) electrons. The van der Waals surface area contributed by atoms with Gasteiger partial charge in [0.05, 0.1) is 6.61 Å². The van der Waals surface area contributed by atoms with E-state index in [9.17, 15) is 5.11 Å². The Hall–Kier alpha value is -0.120. The van der Waals surface area contributed by atoms with Crippen LogP contribution in [0.3, 0.4) is 0 Å². The van der Waals surface area contributed by atoms with Crippen molar-refractivity contribution in [1.82, 2.24) is 10.2 Å². The van der Waals surface area contributed by atoms with E-state index in [0.29, 0.717) is 12.6 Å². The number of hydrogen-bond acceptors (Lipinski definition) is 3. The van der Waals surface area contributed by atoms with Crippen molar-refractivity contribution in [1.29, 1.82) is 0 Å². The topological polar surface area (TPSA) is 35.5 Å². The lowest BCUT2D eigenvalue weighted by atomic mass is 10.0. The SMILES string of the molecule is OCC1CCCN1CCC1CCCCN1. The molecule has 2 N–H and O–H groups in total. The van der Waals surface area contributed by atoms with E-state index in [0.717, 1.165) is 6.04 Å². The van der Waals surface area contributed by atoms with Crippen molar-refractivity contribution < 1.29 is 5.11 Å². The minimum Gasteiger partial charge on any atom is -0.395 e. The van der Waals surface area contributed by atoms with Crippen LogP contribution in [0.5, 0.6) is 0 Å². The molecule has 3 heteroatoms. The van der Waals surface area contributed by atoms with Gasteiger partial charge in [0.15, 0.2) is 0 Å². The average molecular weight is 212 g/mol. The Kier molecular flexibility index (Phi) is 4.42. The van der Waals surface area contributed by atoms with Crippen LogP contribution < -0.4 is 5.32 Å². The molecule has 2 unspecified atom stereocenters. The molecule has 2 rings (SSSR count). The molecule has 0 aromatic rings. The van der Waals surface area contributed by atoms with E-state index in [1.165, 1.54) is 58.2 Å². The molecule has 0 spiro atoms. The number of piperidine rings is 1. The maximum atomic E-state index is 9.22. The number of hydrogen-bond donors (Lipinski definition) is 2. The third-order valence-corrected chi connectivity index (χ3v) is 3.89. The van der Waals surface area contributed by atoms with Crippen LogP contribution in [-0.4, -0.2) is 48.3 Å². The zero-order chi connectivity index (χ0) is 10.5. The Labute approximate surface area is 92.8 Å². The Balaban J connectivity index is 1.67. The smallest absolute Gasteiger partial charge is 0.0586 e. The summed E-state index contributed by atoms with van der Waals surface area (Å²) in [5.41, 5.74) is 0. The second kappa shape index (κ2) is 5.83. The number of rotatable bonds is 4. The van der Waals surface area contributed by atoms with E-state index in [-0.39, 0.29) is 0 Å². The molecule has 0 saturated carbocycles. The second-order valence-electron chi connectivity index (χ2n) is 4.95. The highest BCUT2D eigenvalue weighted by Gasteiger charge is 2.24. The van der Waals surface area contributed by atoms with Crippen LogP contribution in [0.1, 0.15) is 38.5 Å². The summed E-state index contributed by atoms with van der Waals surface area (Å²) < 4.78 is 0. The van der Waals surface area contributed by atoms with E-state index in [4.69, 9.17) is 0 Å². The first-order valence-electron chi connectivity index (χ1n) is 6.48. The fourth-order valence-corrected chi connectivity index (χ4v) is 2.89. The Morgan fingerprint density at radius 3 is 2.87 bits per heavy atom. The minimum absolute atomic E-state index is 0.345. The van der Waals surface area contributed by atoms with Gasteiger partial charge in [-0.2, -0.15) is 0 Å². The predicted octanol–water partition coefficient (Wildman–Crippen LogP) is 0.975. The first-order valence-corrected chi connectivity index (χ1v) is 6.48. The first kappa shape index (κ1) is 11.4. The molecule has 2 heterocycles. The molecule has 0 amide bonds. The van der Waals surface area contributed by atoms with E-state index < -0.39 is 0 Å². The van der Waals surface area contributed by atoms with Gasteiger partial charge in [-0.15, -0.1) is 0 Å². The molecule has 15 heavy (non-hydrogen) atoms. The third-order valence-electron chi connectivity index (χ3n) is 3.89. The molecule has 2 aliphatic heterocycles. The molecule has 3 nitrogen and oxygen atoms in total. The maximum absolute atomic E-state index is 9.22. The molecular formula is C12H24N2O. The third kappa shape index (κ3) is 3.16. The van der Waals surface area contributed by atoms with Gasteiger partial charge in [0, 0.05) is 18.6 Å². The lowest BCUT2D eigenvalue weighted by molar-refractivity contribution is 0.152. The first-order chi connectivity index (χ1) is 7.40. The van der Waals surface area contributed by atoms with Gasteiger partial charge in [-0.1, -0.05) is 6.42 Å². The highest BCUT2D eigenvalue weighted by molar-refractivity contribution is 4.81. The Morgan fingerprint density at radius 1 is 1.20 bits per heavy atom. The van der Waals surface area contributed by atoms with Crippen molar-refractivity contribution in [3.05, 3.63) is 0 Å². The average Bonchev–Trinajstić information content (AvgIpc) is 2.75. The largest absolute Gasteiger partial charge is 0.395 e. The predicted molar refractivity (Wildman–Crippen MR) is 61.9 cm³/mol. The summed E-state index contributed by atoms with van der Waals surface area (Å²) in [6.45, 7) is 3.91. The maximum Gasteiger partial charge on any atom is 0.0586 e. The summed E-state index contributed by atoms with van der Waals surface area (Å²) in [6, 6.07) is 1.19. The van der Waals surface area contributed by atoms with Crippen LogP contribution in [0.2, 0.25) is 0 Å².